The summed E-state index contributed by atoms with van der Waals surface area (Å²) in [6.07, 6.45) is 2.87. The van der Waals surface area contributed by atoms with E-state index in [1.54, 1.807) is 4.90 Å². The van der Waals surface area contributed by atoms with Crippen molar-refractivity contribution in [2.75, 3.05) is 13.6 Å². The Kier molecular flexibility index (Phi) is 4.23. The lowest BCUT2D eigenvalue weighted by atomic mass is 9.85. The van der Waals surface area contributed by atoms with E-state index in [1.807, 2.05) is 55.6 Å². The van der Waals surface area contributed by atoms with Crippen molar-refractivity contribution in [2.24, 2.45) is 5.92 Å². The molecule has 0 radical (unpaired) electrons. The van der Waals surface area contributed by atoms with Crippen molar-refractivity contribution in [1.82, 2.24) is 4.90 Å². The standard InChI is InChI=1S/C23H23NO2/c1-3-4-9-15-14-24(2)23(26)21-19-13-8-6-11-17(19)16-10-5-7-12-18(16)20(21)22(15)25/h5-8,10-13,15H,3-4,9,14H2,1-2H3. The Morgan fingerprint density at radius 1 is 0.885 bits per heavy atom. The summed E-state index contributed by atoms with van der Waals surface area (Å²) < 4.78 is 0. The minimum atomic E-state index is -0.130. The molecule has 0 spiro atoms. The first-order chi connectivity index (χ1) is 12.6. The molecule has 26 heavy (non-hydrogen) atoms. The van der Waals surface area contributed by atoms with Crippen molar-refractivity contribution in [1.29, 1.82) is 0 Å². The first-order valence-corrected chi connectivity index (χ1v) is 9.36. The molecule has 1 atom stereocenters. The Hall–Kier alpha value is -2.68. The Labute approximate surface area is 153 Å². The molecule has 0 aliphatic carbocycles. The highest BCUT2D eigenvalue weighted by atomic mass is 16.2. The number of benzene rings is 3. The zero-order chi connectivity index (χ0) is 18.3. The molecule has 4 rings (SSSR count). The molecule has 132 valence electrons. The van der Waals surface area contributed by atoms with Crippen molar-refractivity contribution in [3.05, 3.63) is 59.7 Å². The smallest absolute Gasteiger partial charge is 0.255 e. The topological polar surface area (TPSA) is 37.4 Å². The number of carbonyl (C=O) groups excluding carboxylic acids is 2. The van der Waals surface area contributed by atoms with Crippen molar-refractivity contribution in [3.8, 4) is 0 Å². The van der Waals surface area contributed by atoms with E-state index < -0.39 is 0 Å². The zero-order valence-electron chi connectivity index (χ0n) is 15.3. The van der Waals surface area contributed by atoms with Gasteiger partial charge in [-0.15, -0.1) is 0 Å². The van der Waals surface area contributed by atoms with Gasteiger partial charge in [0.05, 0.1) is 5.56 Å². The number of hydrogen-bond donors (Lipinski definition) is 0. The van der Waals surface area contributed by atoms with E-state index in [9.17, 15) is 9.59 Å². The average Bonchev–Trinajstić information content (AvgIpc) is 2.77. The van der Waals surface area contributed by atoms with Gasteiger partial charge in [-0.3, -0.25) is 9.59 Å². The van der Waals surface area contributed by atoms with Crippen molar-refractivity contribution < 1.29 is 9.59 Å². The van der Waals surface area contributed by atoms with Crippen LogP contribution in [0.4, 0.5) is 0 Å². The maximum Gasteiger partial charge on any atom is 0.255 e. The maximum absolute atomic E-state index is 13.5. The second-order valence-electron chi connectivity index (χ2n) is 7.23. The van der Waals surface area contributed by atoms with Gasteiger partial charge in [-0.25, -0.2) is 0 Å². The molecule has 0 N–H and O–H groups in total. The monoisotopic (exact) mass is 345 g/mol. The van der Waals surface area contributed by atoms with Crippen LogP contribution in [0.25, 0.3) is 21.5 Å². The van der Waals surface area contributed by atoms with Crippen LogP contribution >= 0.6 is 0 Å². The van der Waals surface area contributed by atoms with Crippen LogP contribution in [0.5, 0.6) is 0 Å². The molecular weight excluding hydrogens is 322 g/mol. The van der Waals surface area contributed by atoms with E-state index in [-0.39, 0.29) is 17.6 Å². The van der Waals surface area contributed by atoms with Gasteiger partial charge in [0, 0.05) is 25.1 Å². The molecule has 1 heterocycles. The molecule has 3 aromatic rings. The summed E-state index contributed by atoms with van der Waals surface area (Å²) in [6, 6.07) is 15.9. The summed E-state index contributed by atoms with van der Waals surface area (Å²) in [5.74, 6) is -0.0582. The van der Waals surface area contributed by atoms with E-state index in [0.29, 0.717) is 17.7 Å². The van der Waals surface area contributed by atoms with Crippen LogP contribution in [0, 0.1) is 5.92 Å². The number of hydrogen-bond acceptors (Lipinski definition) is 2. The normalized spacial score (nSPS) is 17.6. The first kappa shape index (κ1) is 16.8. The summed E-state index contributed by atoms with van der Waals surface area (Å²) in [5, 5.41) is 3.85. The lowest BCUT2D eigenvalue weighted by Crippen LogP contribution is -2.31. The van der Waals surface area contributed by atoms with E-state index in [2.05, 4.69) is 6.92 Å². The molecule has 0 fully saturated rings. The number of Topliss-reactive ketones (excluding diaryl/α,β-unsaturated/α-hetero) is 1. The Morgan fingerprint density at radius 2 is 1.42 bits per heavy atom. The number of rotatable bonds is 3. The van der Waals surface area contributed by atoms with Crippen LogP contribution in [-0.4, -0.2) is 30.2 Å². The van der Waals surface area contributed by atoms with E-state index in [0.717, 1.165) is 40.8 Å². The average molecular weight is 345 g/mol. The van der Waals surface area contributed by atoms with Crippen LogP contribution in [0.2, 0.25) is 0 Å². The lowest BCUT2D eigenvalue weighted by Gasteiger charge is -2.19. The summed E-state index contributed by atoms with van der Waals surface area (Å²) in [6.45, 7) is 2.63. The van der Waals surface area contributed by atoms with Crippen LogP contribution in [0.15, 0.2) is 48.5 Å². The number of amides is 1. The highest BCUT2D eigenvalue weighted by molar-refractivity contribution is 6.27. The highest BCUT2D eigenvalue weighted by Crippen LogP contribution is 2.37. The number of carbonyl (C=O) groups is 2. The van der Waals surface area contributed by atoms with Gasteiger partial charge in [-0.05, 0) is 28.0 Å². The molecule has 1 aliphatic rings. The number of nitrogens with zero attached hydrogens (tertiary/aromatic N) is 1. The quantitative estimate of drug-likeness (QED) is 0.622. The fraction of sp³-hybridized carbons (Fsp3) is 0.304. The van der Waals surface area contributed by atoms with Gasteiger partial charge in [0.1, 0.15) is 0 Å². The minimum Gasteiger partial charge on any atom is -0.341 e. The molecular formula is C23H23NO2. The fourth-order valence-electron chi connectivity index (χ4n) is 4.18. The first-order valence-electron chi connectivity index (χ1n) is 9.36. The van der Waals surface area contributed by atoms with Gasteiger partial charge in [0.15, 0.2) is 5.78 Å². The highest BCUT2D eigenvalue weighted by Gasteiger charge is 2.34. The van der Waals surface area contributed by atoms with Crippen molar-refractivity contribution >= 4 is 33.2 Å². The van der Waals surface area contributed by atoms with Gasteiger partial charge >= 0.3 is 0 Å². The minimum absolute atomic E-state index is 0.0469. The summed E-state index contributed by atoms with van der Waals surface area (Å²) in [7, 11) is 1.81. The lowest BCUT2D eigenvalue weighted by molar-refractivity contribution is 0.0765. The van der Waals surface area contributed by atoms with Crippen molar-refractivity contribution in [2.45, 2.75) is 26.2 Å². The van der Waals surface area contributed by atoms with Gasteiger partial charge < -0.3 is 4.90 Å². The Balaban J connectivity index is 2.09. The van der Waals surface area contributed by atoms with Crippen LogP contribution in [0.3, 0.4) is 0 Å². The second kappa shape index (κ2) is 6.56. The molecule has 0 saturated carbocycles. The number of ketones is 1. The maximum atomic E-state index is 13.5. The largest absolute Gasteiger partial charge is 0.341 e. The molecule has 3 nitrogen and oxygen atoms in total. The molecule has 0 aromatic heterocycles. The molecule has 1 unspecified atom stereocenters. The zero-order valence-corrected chi connectivity index (χ0v) is 15.3. The van der Waals surface area contributed by atoms with Crippen molar-refractivity contribution in [3.63, 3.8) is 0 Å². The number of unbranched alkanes of at least 4 members (excludes halogenated alkanes) is 1. The van der Waals surface area contributed by atoms with Crippen LogP contribution in [0.1, 0.15) is 46.9 Å². The van der Waals surface area contributed by atoms with Gasteiger partial charge in [-0.1, -0.05) is 68.3 Å². The molecule has 0 bridgehead atoms. The van der Waals surface area contributed by atoms with Gasteiger partial charge in [0.2, 0.25) is 0 Å². The molecule has 3 aromatic carbocycles. The molecule has 0 saturated heterocycles. The van der Waals surface area contributed by atoms with Gasteiger partial charge in [-0.2, -0.15) is 0 Å². The second-order valence-corrected chi connectivity index (χ2v) is 7.23. The van der Waals surface area contributed by atoms with E-state index in [4.69, 9.17) is 0 Å². The molecule has 3 heteroatoms. The SMILES string of the molecule is CCCCC1CN(C)C(=O)c2c(c3ccccc3c3ccccc23)C1=O. The van der Waals surface area contributed by atoms with E-state index >= 15 is 0 Å². The number of fused-ring (bicyclic) bond motifs is 6. The summed E-state index contributed by atoms with van der Waals surface area (Å²) >= 11 is 0. The fourth-order valence-corrected chi connectivity index (χ4v) is 4.18. The summed E-state index contributed by atoms with van der Waals surface area (Å²) in [5.41, 5.74) is 1.19. The van der Waals surface area contributed by atoms with Crippen LogP contribution in [-0.2, 0) is 0 Å². The predicted molar refractivity (Wildman–Crippen MR) is 106 cm³/mol. The predicted octanol–water partition coefficient (Wildman–Crippen LogP) is 5.07. The van der Waals surface area contributed by atoms with Gasteiger partial charge in [0.25, 0.3) is 5.91 Å². The molecule has 1 amide bonds. The third kappa shape index (κ3) is 2.50. The Bertz CT molecular complexity index is 1020. The Morgan fingerprint density at radius 3 is 2.00 bits per heavy atom. The molecule has 1 aliphatic heterocycles. The van der Waals surface area contributed by atoms with E-state index in [1.165, 1.54) is 0 Å². The third-order valence-corrected chi connectivity index (χ3v) is 5.51. The third-order valence-electron chi connectivity index (χ3n) is 5.51. The van der Waals surface area contributed by atoms with Crippen LogP contribution < -0.4 is 0 Å². The summed E-state index contributed by atoms with van der Waals surface area (Å²) in [4.78, 5) is 28.5.